The van der Waals surface area contributed by atoms with Gasteiger partial charge in [-0.1, -0.05) is 23.2 Å². The minimum absolute atomic E-state index is 0.0336. The SMILES string of the molecule is NC(=O)Oc1cc(I)c(Cl)c(Cl)n1. The second-order valence-electron chi connectivity index (χ2n) is 1.97. The number of rotatable bonds is 1. The third-order valence-corrected chi connectivity index (χ3v) is 2.98. The van der Waals surface area contributed by atoms with E-state index >= 15 is 0 Å². The summed E-state index contributed by atoms with van der Waals surface area (Å²) >= 11 is 13.3. The van der Waals surface area contributed by atoms with Crippen molar-refractivity contribution in [2.24, 2.45) is 5.73 Å². The molecular weight excluding hydrogens is 330 g/mol. The van der Waals surface area contributed by atoms with E-state index in [9.17, 15) is 4.79 Å². The highest BCUT2D eigenvalue weighted by Gasteiger charge is 2.09. The van der Waals surface area contributed by atoms with Crippen molar-refractivity contribution in [2.75, 3.05) is 0 Å². The second kappa shape index (κ2) is 4.30. The van der Waals surface area contributed by atoms with Gasteiger partial charge in [-0.15, -0.1) is 0 Å². The normalized spacial score (nSPS) is 9.77. The molecule has 1 rings (SSSR count). The summed E-state index contributed by atoms with van der Waals surface area (Å²) in [6.45, 7) is 0. The molecule has 0 radical (unpaired) electrons. The summed E-state index contributed by atoms with van der Waals surface area (Å²) in [5.74, 6) is 0.0336. The van der Waals surface area contributed by atoms with Crippen molar-refractivity contribution in [1.82, 2.24) is 4.98 Å². The van der Waals surface area contributed by atoms with Crippen LogP contribution in [0.4, 0.5) is 4.79 Å². The van der Waals surface area contributed by atoms with Crippen molar-refractivity contribution in [3.8, 4) is 5.88 Å². The predicted molar refractivity (Wildman–Crippen MR) is 57.2 cm³/mol. The van der Waals surface area contributed by atoms with Crippen LogP contribution in [0.3, 0.4) is 0 Å². The summed E-state index contributed by atoms with van der Waals surface area (Å²) in [5.41, 5.74) is 4.78. The van der Waals surface area contributed by atoms with Crippen LogP contribution in [0.5, 0.6) is 5.88 Å². The molecule has 0 aliphatic carbocycles. The smallest absolute Gasteiger partial charge is 0.391 e. The molecule has 1 aromatic rings. The quantitative estimate of drug-likeness (QED) is 0.634. The van der Waals surface area contributed by atoms with Crippen LogP contribution < -0.4 is 10.5 Å². The van der Waals surface area contributed by atoms with Crippen molar-refractivity contribution >= 4 is 51.9 Å². The lowest BCUT2D eigenvalue weighted by Gasteiger charge is -2.02. The average molecular weight is 333 g/mol. The lowest BCUT2D eigenvalue weighted by Crippen LogP contribution is -2.17. The highest BCUT2D eigenvalue weighted by Crippen LogP contribution is 2.28. The molecule has 0 bridgehead atoms. The number of carbonyl (C=O) groups excluding carboxylic acids is 1. The molecule has 0 atom stereocenters. The van der Waals surface area contributed by atoms with Crippen LogP contribution in [0.25, 0.3) is 0 Å². The summed E-state index contributed by atoms with van der Waals surface area (Å²) in [4.78, 5) is 14.0. The van der Waals surface area contributed by atoms with Crippen LogP contribution in [0, 0.1) is 3.57 Å². The Morgan fingerprint density at radius 1 is 1.62 bits per heavy atom. The Labute approximate surface area is 97.5 Å². The minimum Gasteiger partial charge on any atom is -0.391 e. The molecule has 0 fully saturated rings. The highest BCUT2D eigenvalue weighted by atomic mass is 127. The maximum atomic E-state index is 10.4. The van der Waals surface area contributed by atoms with Crippen LogP contribution in [0.15, 0.2) is 6.07 Å². The van der Waals surface area contributed by atoms with Gasteiger partial charge in [0, 0.05) is 9.64 Å². The van der Waals surface area contributed by atoms with Gasteiger partial charge in [-0.3, -0.25) is 0 Å². The van der Waals surface area contributed by atoms with Gasteiger partial charge >= 0.3 is 6.09 Å². The number of hydrogen-bond donors (Lipinski definition) is 1. The van der Waals surface area contributed by atoms with Crippen LogP contribution in [0.1, 0.15) is 0 Å². The van der Waals surface area contributed by atoms with E-state index < -0.39 is 6.09 Å². The fourth-order valence-corrected chi connectivity index (χ4v) is 1.57. The third-order valence-electron chi connectivity index (χ3n) is 1.05. The molecule has 4 nitrogen and oxygen atoms in total. The van der Waals surface area contributed by atoms with Gasteiger partial charge in [0.15, 0.2) is 5.15 Å². The molecule has 7 heteroatoms. The van der Waals surface area contributed by atoms with Gasteiger partial charge in [0.2, 0.25) is 5.88 Å². The lowest BCUT2D eigenvalue weighted by atomic mass is 10.5. The Bertz CT molecular complexity index is 335. The number of hydrogen-bond acceptors (Lipinski definition) is 3. The lowest BCUT2D eigenvalue weighted by molar-refractivity contribution is 0.209. The number of halogens is 3. The number of carbonyl (C=O) groups is 1. The molecule has 0 aliphatic rings. The largest absolute Gasteiger partial charge is 0.411 e. The van der Waals surface area contributed by atoms with Crippen LogP contribution in [-0.4, -0.2) is 11.1 Å². The zero-order valence-electron chi connectivity index (χ0n) is 6.05. The number of nitrogens with zero attached hydrogens (tertiary/aromatic N) is 1. The van der Waals surface area contributed by atoms with E-state index in [2.05, 4.69) is 9.72 Å². The van der Waals surface area contributed by atoms with E-state index in [-0.39, 0.29) is 11.0 Å². The minimum atomic E-state index is -0.943. The number of aromatic nitrogens is 1. The summed E-state index contributed by atoms with van der Waals surface area (Å²) in [6, 6.07) is 1.46. The molecule has 1 heterocycles. The van der Waals surface area contributed by atoms with E-state index in [1.807, 2.05) is 22.6 Å². The third kappa shape index (κ3) is 2.85. The van der Waals surface area contributed by atoms with Crippen molar-refractivity contribution in [3.05, 3.63) is 19.8 Å². The molecule has 1 amide bonds. The molecule has 0 saturated heterocycles. The maximum absolute atomic E-state index is 10.4. The fourth-order valence-electron chi connectivity index (χ4n) is 0.604. The summed E-state index contributed by atoms with van der Waals surface area (Å²) < 4.78 is 5.15. The number of amides is 1. The monoisotopic (exact) mass is 332 g/mol. The molecule has 1 aromatic heterocycles. The molecule has 0 saturated carbocycles. The zero-order chi connectivity index (χ0) is 10.0. The zero-order valence-corrected chi connectivity index (χ0v) is 9.72. The molecular formula is C6H3Cl2IN2O2. The van der Waals surface area contributed by atoms with Crippen LogP contribution in [0.2, 0.25) is 10.2 Å². The second-order valence-corrected chi connectivity index (χ2v) is 3.87. The highest BCUT2D eigenvalue weighted by molar-refractivity contribution is 14.1. The number of ether oxygens (including phenoxy) is 1. The van der Waals surface area contributed by atoms with Gasteiger partial charge in [-0.2, -0.15) is 4.98 Å². The van der Waals surface area contributed by atoms with Crippen molar-refractivity contribution in [1.29, 1.82) is 0 Å². The summed E-state index contributed by atoms with van der Waals surface area (Å²) in [6.07, 6.45) is -0.943. The molecule has 0 spiro atoms. The first-order valence-corrected chi connectivity index (χ1v) is 4.83. The summed E-state index contributed by atoms with van der Waals surface area (Å²) in [5, 5.41) is 0.393. The molecule has 2 N–H and O–H groups in total. The standard InChI is InChI=1S/C6H3Cl2IN2O2/c7-4-2(9)1-3(11-5(4)8)13-6(10)12/h1H,(H2,10,12). The summed E-state index contributed by atoms with van der Waals surface area (Å²) in [7, 11) is 0. The van der Waals surface area contributed by atoms with Crippen molar-refractivity contribution in [2.45, 2.75) is 0 Å². The van der Waals surface area contributed by atoms with Gasteiger partial charge in [0.05, 0.1) is 5.02 Å². The van der Waals surface area contributed by atoms with Gasteiger partial charge in [-0.05, 0) is 22.6 Å². The molecule has 0 aromatic carbocycles. The van der Waals surface area contributed by atoms with Gasteiger partial charge in [0.25, 0.3) is 0 Å². The number of nitrogens with two attached hydrogens (primary N) is 1. The van der Waals surface area contributed by atoms with Crippen molar-refractivity contribution < 1.29 is 9.53 Å². The maximum Gasteiger partial charge on any atom is 0.411 e. The van der Waals surface area contributed by atoms with Crippen LogP contribution >= 0.6 is 45.8 Å². The average Bonchev–Trinajstić information content (AvgIpc) is 1.98. The molecule has 13 heavy (non-hydrogen) atoms. The first-order chi connectivity index (χ1) is 6.00. The number of pyridine rings is 1. The Morgan fingerprint density at radius 3 is 2.69 bits per heavy atom. The van der Waals surface area contributed by atoms with Gasteiger partial charge < -0.3 is 10.5 Å². The van der Waals surface area contributed by atoms with Gasteiger partial charge in [0.1, 0.15) is 0 Å². The van der Waals surface area contributed by atoms with E-state index in [0.29, 0.717) is 8.59 Å². The van der Waals surface area contributed by atoms with E-state index in [1.54, 1.807) is 0 Å². The first kappa shape index (κ1) is 10.8. The molecule has 0 unspecified atom stereocenters. The first-order valence-electron chi connectivity index (χ1n) is 2.99. The van der Waals surface area contributed by atoms with Crippen LogP contribution in [-0.2, 0) is 0 Å². The van der Waals surface area contributed by atoms with Gasteiger partial charge in [-0.25, -0.2) is 4.79 Å². The topological polar surface area (TPSA) is 65.2 Å². The van der Waals surface area contributed by atoms with E-state index in [0.717, 1.165) is 0 Å². The Kier molecular flexibility index (Phi) is 3.57. The Balaban J connectivity index is 3.06. The number of primary amides is 1. The molecule has 0 aliphatic heterocycles. The van der Waals surface area contributed by atoms with Crippen molar-refractivity contribution in [3.63, 3.8) is 0 Å². The molecule has 70 valence electrons. The predicted octanol–water partition coefficient (Wildman–Crippen LogP) is 2.45. The Morgan fingerprint density at radius 2 is 2.23 bits per heavy atom. The Hall–Kier alpha value is -0.270. The fraction of sp³-hybridized carbons (Fsp3) is 0. The van der Waals surface area contributed by atoms with E-state index in [1.165, 1.54) is 6.07 Å². The van der Waals surface area contributed by atoms with E-state index in [4.69, 9.17) is 28.9 Å².